The van der Waals surface area contributed by atoms with E-state index in [2.05, 4.69) is 4.98 Å². The van der Waals surface area contributed by atoms with Crippen LogP contribution in [0.3, 0.4) is 0 Å². The van der Waals surface area contributed by atoms with Crippen molar-refractivity contribution < 1.29 is 14.3 Å². The number of esters is 1. The number of aromatic nitrogens is 2. The summed E-state index contributed by atoms with van der Waals surface area (Å²) in [4.78, 5) is 31.1. The molecule has 6 nitrogen and oxygen atoms in total. The normalized spacial score (nSPS) is 15.7. The maximum atomic E-state index is 13.0. The average molecular weight is 329 g/mol. The standard InChI is InChI=1S/C18H23N3O3/c1-4-14-16(21-10-5-12(2)11-15(21)19-14)17(22)20-8-6-13(7-9-20)18(23)24-3/h5,10-11,13H,4,6-9H2,1-3H3. The van der Waals surface area contributed by atoms with E-state index >= 15 is 0 Å². The topological polar surface area (TPSA) is 63.9 Å². The lowest BCUT2D eigenvalue weighted by Gasteiger charge is -2.30. The number of ether oxygens (including phenoxy) is 1. The Kier molecular flexibility index (Phi) is 4.55. The third-order valence-electron chi connectivity index (χ3n) is 4.71. The van der Waals surface area contributed by atoms with Gasteiger partial charge in [0.2, 0.25) is 0 Å². The number of carbonyl (C=O) groups is 2. The zero-order valence-corrected chi connectivity index (χ0v) is 14.4. The lowest BCUT2D eigenvalue weighted by Crippen LogP contribution is -2.41. The Morgan fingerprint density at radius 2 is 2.04 bits per heavy atom. The molecule has 0 aliphatic carbocycles. The third-order valence-corrected chi connectivity index (χ3v) is 4.71. The van der Waals surface area contributed by atoms with Crippen LogP contribution in [0.25, 0.3) is 5.65 Å². The van der Waals surface area contributed by atoms with E-state index in [1.54, 1.807) is 0 Å². The van der Waals surface area contributed by atoms with Crippen LogP contribution in [0, 0.1) is 12.8 Å². The molecule has 24 heavy (non-hydrogen) atoms. The number of aryl methyl sites for hydroxylation is 2. The predicted molar refractivity (Wildman–Crippen MR) is 90.0 cm³/mol. The van der Waals surface area contributed by atoms with Crippen LogP contribution in [0.15, 0.2) is 18.3 Å². The van der Waals surface area contributed by atoms with Crippen LogP contribution in [-0.4, -0.2) is 46.4 Å². The highest BCUT2D eigenvalue weighted by atomic mass is 16.5. The Bertz CT molecular complexity index is 773. The van der Waals surface area contributed by atoms with Crippen LogP contribution in [0.1, 0.15) is 41.5 Å². The minimum absolute atomic E-state index is 0.00785. The van der Waals surface area contributed by atoms with Crippen molar-refractivity contribution in [3.63, 3.8) is 0 Å². The van der Waals surface area contributed by atoms with Gasteiger partial charge in [0.25, 0.3) is 5.91 Å². The van der Waals surface area contributed by atoms with Crippen molar-refractivity contribution in [3.05, 3.63) is 35.3 Å². The van der Waals surface area contributed by atoms with Gasteiger partial charge in [0.1, 0.15) is 11.3 Å². The Morgan fingerprint density at radius 3 is 2.67 bits per heavy atom. The first-order valence-corrected chi connectivity index (χ1v) is 8.39. The highest BCUT2D eigenvalue weighted by molar-refractivity contribution is 5.95. The van der Waals surface area contributed by atoms with Gasteiger partial charge in [-0.25, -0.2) is 4.98 Å². The minimum atomic E-state index is -0.179. The first-order valence-electron chi connectivity index (χ1n) is 8.39. The molecule has 0 atom stereocenters. The number of methoxy groups -OCH3 is 1. The molecule has 2 aromatic heterocycles. The Hall–Kier alpha value is -2.37. The maximum Gasteiger partial charge on any atom is 0.308 e. The summed E-state index contributed by atoms with van der Waals surface area (Å²) < 4.78 is 6.68. The number of imidazole rings is 1. The van der Waals surface area contributed by atoms with Crippen LogP contribution in [0.4, 0.5) is 0 Å². The summed E-state index contributed by atoms with van der Waals surface area (Å²) in [6.45, 7) is 5.16. The van der Waals surface area contributed by atoms with E-state index in [-0.39, 0.29) is 17.8 Å². The number of amides is 1. The largest absolute Gasteiger partial charge is 0.469 e. The number of carbonyl (C=O) groups excluding carboxylic acids is 2. The number of piperidine rings is 1. The summed E-state index contributed by atoms with van der Waals surface area (Å²) in [5, 5.41) is 0. The van der Waals surface area contributed by atoms with Crippen molar-refractivity contribution in [2.75, 3.05) is 20.2 Å². The van der Waals surface area contributed by atoms with E-state index in [9.17, 15) is 9.59 Å². The van der Waals surface area contributed by atoms with Crippen LogP contribution in [0.5, 0.6) is 0 Å². The van der Waals surface area contributed by atoms with E-state index in [4.69, 9.17) is 4.74 Å². The summed E-state index contributed by atoms with van der Waals surface area (Å²) in [5.41, 5.74) is 3.39. The second kappa shape index (κ2) is 6.63. The van der Waals surface area contributed by atoms with Crippen molar-refractivity contribution in [1.29, 1.82) is 0 Å². The van der Waals surface area contributed by atoms with Crippen molar-refractivity contribution in [3.8, 4) is 0 Å². The molecule has 6 heteroatoms. The minimum Gasteiger partial charge on any atom is -0.469 e. The van der Waals surface area contributed by atoms with E-state index in [0.717, 1.165) is 16.9 Å². The maximum absolute atomic E-state index is 13.0. The molecule has 1 fully saturated rings. The Balaban J connectivity index is 1.85. The molecule has 1 amide bonds. The number of rotatable bonds is 3. The van der Waals surface area contributed by atoms with Crippen molar-refractivity contribution in [2.24, 2.45) is 5.92 Å². The smallest absolute Gasteiger partial charge is 0.308 e. The lowest BCUT2D eigenvalue weighted by molar-refractivity contribution is -0.146. The van der Waals surface area contributed by atoms with Gasteiger partial charge in [-0.15, -0.1) is 0 Å². The number of hydrogen-bond acceptors (Lipinski definition) is 4. The molecule has 0 unspecified atom stereocenters. The third kappa shape index (κ3) is 2.88. The first kappa shape index (κ1) is 16.5. The van der Waals surface area contributed by atoms with Gasteiger partial charge in [-0.1, -0.05) is 6.92 Å². The SMILES string of the molecule is CCc1nc2cc(C)ccn2c1C(=O)N1CCC(C(=O)OC)CC1. The lowest BCUT2D eigenvalue weighted by atomic mass is 9.97. The molecule has 2 aromatic rings. The van der Waals surface area contributed by atoms with Crippen LogP contribution < -0.4 is 0 Å². The quantitative estimate of drug-likeness (QED) is 0.810. The second-order valence-electron chi connectivity index (χ2n) is 6.28. The second-order valence-corrected chi connectivity index (χ2v) is 6.28. The number of hydrogen-bond donors (Lipinski definition) is 0. The first-order chi connectivity index (χ1) is 11.5. The van der Waals surface area contributed by atoms with Crippen LogP contribution in [0.2, 0.25) is 0 Å². The molecular formula is C18H23N3O3. The molecular weight excluding hydrogens is 306 g/mol. The number of fused-ring (bicyclic) bond motifs is 1. The average Bonchev–Trinajstić information content (AvgIpc) is 2.98. The van der Waals surface area contributed by atoms with Crippen LogP contribution >= 0.6 is 0 Å². The van der Waals surface area contributed by atoms with Gasteiger partial charge in [-0.3, -0.25) is 14.0 Å². The molecule has 0 saturated carbocycles. The number of pyridine rings is 1. The zero-order valence-electron chi connectivity index (χ0n) is 14.4. The molecule has 0 aromatic carbocycles. The van der Waals surface area contributed by atoms with Crippen LogP contribution in [-0.2, 0) is 16.0 Å². The van der Waals surface area contributed by atoms with Gasteiger partial charge in [0, 0.05) is 19.3 Å². The van der Waals surface area contributed by atoms with Gasteiger partial charge in [-0.2, -0.15) is 0 Å². The predicted octanol–water partition coefficient (Wildman–Crippen LogP) is 2.23. The van der Waals surface area contributed by atoms with Gasteiger partial charge in [0.15, 0.2) is 0 Å². The van der Waals surface area contributed by atoms with Crippen molar-refractivity contribution in [1.82, 2.24) is 14.3 Å². The number of nitrogens with zero attached hydrogens (tertiary/aromatic N) is 3. The molecule has 1 aliphatic heterocycles. The van der Waals surface area contributed by atoms with Gasteiger partial charge in [-0.05, 0) is 43.9 Å². The van der Waals surface area contributed by atoms with E-state index < -0.39 is 0 Å². The van der Waals surface area contributed by atoms with E-state index in [0.29, 0.717) is 38.0 Å². The molecule has 0 bridgehead atoms. The Labute approximate surface area is 141 Å². The fourth-order valence-corrected chi connectivity index (χ4v) is 3.30. The fourth-order valence-electron chi connectivity index (χ4n) is 3.30. The van der Waals surface area contributed by atoms with Crippen molar-refractivity contribution in [2.45, 2.75) is 33.1 Å². The monoisotopic (exact) mass is 329 g/mol. The summed E-state index contributed by atoms with van der Waals surface area (Å²) in [5.74, 6) is -0.289. The zero-order chi connectivity index (χ0) is 17.3. The van der Waals surface area contributed by atoms with E-state index in [1.165, 1.54) is 7.11 Å². The molecule has 1 aliphatic rings. The molecule has 0 spiro atoms. The van der Waals surface area contributed by atoms with Gasteiger partial charge >= 0.3 is 5.97 Å². The Morgan fingerprint density at radius 1 is 1.33 bits per heavy atom. The summed E-state index contributed by atoms with van der Waals surface area (Å²) in [6, 6.07) is 3.97. The van der Waals surface area contributed by atoms with Gasteiger partial charge < -0.3 is 9.64 Å². The van der Waals surface area contributed by atoms with Gasteiger partial charge in [0.05, 0.1) is 18.7 Å². The highest BCUT2D eigenvalue weighted by Crippen LogP contribution is 2.22. The molecule has 0 radical (unpaired) electrons. The number of likely N-dealkylation sites (tertiary alicyclic amines) is 1. The molecule has 1 saturated heterocycles. The molecule has 0 N–H and O–H groups in total. The highest BCUT2D eigenvalue weighted by Gasteiger charge is 2.30. The fraction of sp³-hybridized carbons (Fsp3) is 0.500. The molecule has 3 heterocycles. The summed E-state index contributed by atoms with van der Waals surface area (Å²) >= 11 is 0. The summed E-state index contributed by atoms with van der Waals surface area (Å²) in [7, 11) is 1.41. The van der Waals surface area contributed by atoms with E-state index in [1.807, 2.05) is 41.5 Å². The summed E-state index contributed by atoms with van der Waals surface area (Å²) in [6.07, 6.45) is 3.91. The molecule has 128 valence electrons. The van der Waals surface area contributed by atoms with Crippen molar-refractivity contribution >= 4 is 17.5 Å². The molecule has 3 rings (SSSR count).